The predicted octanol–water partition coefficient (Wildman–Crippen LogP) is 3.96. The molecule has 1 aliphatic carbocycles. The van der Waals surface area contributed by atoms with Crippen molar-refractivity contribution in [1.29, 1.82) is 0 Å². The fourth-order valence-electron chi connectivity index (χ4n) is 2.88. The van der Waals surface area contributed by atoms with Crippen LogP contribution >= 0.6 is 23.2 Å². The molecule has 0 saturated heterocycles. The van der Waals surface area contributed by atoms with Crippen molar-refractivity contribution >= 4 is 40.1 Å². The molecule has 6 heteroatoms. The number of fused-ring (bicyclic) bond motifs is 1. The number of carbonyl (C=O) groups excluding carboxylic acids is 1. The molecular weight excluding hydrogens is 345 g/mol. The minimum Gasteiger partial charge on any atom is -0.345 e. The Morgan fingerprint density at radius 1 is 1.21 bits per heavy atom. The minimum atomic E-state index is -0.932. The molecule has 1 fully saturated rings. The number of nitrogens with zero attached hydrogens (tertiary/aromatic N) is 1. The monoisotopic (exact) mass is 359 g/mol. The first-order valence-corrected chi connectivity index (χ1v) is 8.46. The molecule has 1 aromatic heterocycles. The van der Waals surface area contributed by atoms with E-state index < -0.39 is 4.33 Å². The van der Waals surface area contributed by atoms with Crippen molar-refractivity contribution in [2.24, 2.45) is 5.92 Å². The van der Waals surface area contributed by atoms with Crippen LogP contribution in [0.5, 0.6) is 0 Å². The highest BCUT2D eigenvalue weighted by atomic mass is 35.5. The number of benzene rings is 2. The van der Waals surface area contributed by atoms with E-state index in [-0.39, 0.29) is 17.9 Å². The maximum absolute atomic E-state index is 12.5. The van der Waals surface area contributed by atoms with Crippen molar-refractivity contribution in [3.63, 3.8) is 0 Å². The minimum absolute atomic E-state index is 0.126. The van der Waals surface area contributed by atoms with E-state index >= 15 is 0 Å². The van der Waals surface area contributed by atoms with Crippen LogP contribution in [0.4, 0.5) is 0 Å². The van der Waals surface area contributed by atoms with Crippen molar-refractivity contribution < 1.29 is 4.79 Å². The zero-order valence-electron chi connectivity index (χ0n) is 12.7. The fourth-order valence-corrected chi connectivity index (χ4v) is 3.38. The average molecular weight is 360 g/mol. The SMILES string of the molecule is O=C(NC(c1ccccc1)c1ccc2nc[nH]c2c1)C1CC1(Cl)Cl. The van der Waals surface area contributed by atoms with Gasteiger partial charge in [0.15, 0.2) is 0 Å². The molecule has 4 rings (SSSR count). The number of alkyl halides is 2. The lowest BCUT2D eigenvalue weighted by Gasteiger charge is -2.20. The first-order chi connectivity index (χ1) is 11.5. The molecule has 0 spiro atoms. The Morgan fingerprint density at radius 3 is 2.67 bits per heavy atom. The van der Waals surface area contributed by atoms with Crippen molar-refractivity contribution in [2.75, 3.05) is 0 Å². The smallest absolute Gasteiger partial charge is 0.227 e. The van der Waals surface area contributed by atoms with E-state index in [1.54, 1.807) is 6.33 Å². The third-order valence-corrected chi connectivity index (χ3v) is 5.18. The number of amides is 1. The molecule has 2 atom stereocenters. The number of hydrogen-bond donors (Lipinski definition) is 2. The lowest BCUT2D eigenvalue weighted by molar-refractivity contribution is -0.122. The molecule has 1 amide bonds. The standard InChI is InChI=1S/C18H15Cl2N3O/c19-18(20)9-13(18)17(24)23-16(11-4-2-1-3-5-11)12-6-7-14-15(8-12)22-10-21-14/h1-8,10,13,16H,9H2,(H,21,22)(H,23,24). The molecule has 2 aromatic carbocycles. The quantitative estimate of drug-likeness (QED) is 0.692. The summed E-state index contributed by atoms with van der Waals surface area (Å²) in [7, 11) is 0. The van der Waals surface area contributed by atoms with Crippen LogP contribution in [0, 0.1) is 5.92 Å². The number of rotatable bonds is 4. The van der Waals surface area contributed by atoms with E-state index in [1.165, 1.54) is 0 Å². The number of nitrogens with one attached hydrogen (secondary N) is 2. The van der Waals surface area contributed by atoms with Crippen molar-refractivity contribution in [1.82, 2.24) is 15.3 Å². The van der Waals surface area contributed by atoms with E-state index in [0.717, 1.165) is 22.2 Å². The first-order valence-electron chi connectivity index (χ1n) is 7.71. The molecular formula is C18H15Cl2N3O. The molecule has 0 bridgehead atoms. The Labute approximate surface area is 149 Å². The van der Waals surface area contributed by atoms with Crippen LogP contribution in [0.15, 0.2) is 54.9 Å². The topological polar surface area (TPSA) is 57.8 Å². The van der Waals surface area contributed by atoms with Gasteiger partial charge in [-0.1, -0.05) is 36.4 Å². The lowest BCUT2D eigenvalue weighted by atomic mass is 9.98. The zero-order valence-corrected chi connectivity index (χ0v) is 14.2. The van der Waals surface area contributed by atoms with Gasteiger partial charge >= 0.3 is 0 Å². The number of aromatic amines is 1. The normalized spacial score (nSPS) is 19.8. The molecule has 0 radical (unpaired) electrons. The summed E-state index contributed by atoms with van der Waals surface area (Å²) < 4.78 is -0.932. The number of hydrogen-bond acceptors (Lipinski definition) is 2. The van der Waals surface area contributed by atoms with Crippen molar-refractivity contribution in [3.8, 4) is 0 Å². The van der Waals surface area contributed by atoms with Crippen LogP contribution in [0.2, 0.25) is 0 Å². The Bertz CT molecular complexity index is 891. The summed E-state index contributed by atoms with van der Waals surface area (Å²) in [5.74, 6) is -0.485. The van der Waals surface area contributed by atoms with Gasteiger partial charge < -0.3 is 10.3 Å². The van der Waals surface area contributed by atoms with Crippen LogP contribution in [0.3, 0.4) is 0 Å². The number of aromatic nitrogens is 2. The average Bonchev–Trinajstić information content (AvgIpc) is 3.01. The Kier molecular flexibility index (Phi) is 3.74. The van der Waals surface area contributed by atoms with E-state index in [1.807, 2.05) is 48.5 Å². The van der Waals surface area contributed by atoms with Crippen LogP contribution in [-0.4, -0.2) is 20.2 Å². The number of carbonyl (C=O) groups is 1. The predicted molar refractivity (Wildman–Crippen MR) is 95.1 cm³/mol. The molecule has 1 aliphatic rings. The Balaban J connectivity index is 1.69. The molecule has 4 nitrogen and oxygen atoms in total. The maximum Gasteiger partial charge on any atom is 0.227 e. The van der Waals surface area contributed by atoms with Gasteiger partial charge in [0, 0.05) is 0 Å². The molecule has 2 N–H and O–H groups in total. The molecule has 1 saturated carbocycles. The van der Waals surface area contributed by atoms with E-state index in [0.29, 0.717) is 6.42 Å². The molecule has 0 aliphatic heterocycles. The third-order valence-electron chi connectivity index (χ3n) is 4.34. The van der Waals surface area contributed by atoms with Gasteiger partial charge in [0.05, 0.1) is 29.3 Å². The van der Waals surface area contributed by atoms with E-state index in [2.05, 4.69) is 15.3 Å². The summed E-state index contributed by atoms with van der Waals surface area (Å²) >= 11 is 12.1. The zero-order chi connectivity index (χ0) is 16.7. The second-order valence-corrected chi connectivity index (χ2v) is 7.59. The van der Waals surface area contributed by atoms with Gasteiger partial charge in [-0.15, -0.1) is 23.2 Å². The summed E-state index contributed by atoms with van der Waals surface area (Å²) in [6.45, 7) is 0. The molecule has 122 valence electrons. The largest absolute Gasteiger partial charge is 0.345 e. The van der Waals surface area contributed by atoms with Crippen molar-refractivity contribution in [3.05, 3.63) is 66.0 Å². The van der Waals surface area contributed by atoms with Gasteiger partial charge in [-0.25, -0.2) is 4.98 Å². The summed E-state index contributed by atoms with van der Waals surface area (Å²) in [6.07, 6.45) is 2.15. The Hall–Kier alpha value is -2.04. The molecule has 24 heavy (non-hydrogen) atoms. The van der Waals surface area contributed by atoms with Gasteiger partial charge in [0.25, 0.3) is 0 Å². The first kappa shape index (κ1) is 15.5. The highest BCUT2D eigenvalue weighted by Crippen LogP contribution is 2.53. The van der Waals surface area contributed by atoms with Crippen LogP contribution < -0.4 is 5.32 Å². The maximum atomic E-state index is 12.5. The second kappa shape index (κ2) is 5.80. The lowest BCUT2D eigenvalue weighted by Crippen LogP contribution is -2.31. The number of halogens is 2. The van der Waals surface area contributed by atoms with Crippen molar-refractivity contribution in [2.45, 2.75) is 16.8 Å². The highest BCUT2D eigenvalue weighted by Gasteiger charge is 2.56. The van der Waals surface area contributed by atoms with Gasteiger partial charge in [0.1, 0.15) is 4.33 Å². The third kappa shape index (κ3) is 2.87. The fraction of sp³-hybridized carbons (Fsp3) is 0.222. The summed E-state index contributed by atoms with van der Waals surface area (Å²) in [5, 5.41) is 3.08. The van der Waals surface area contributed by atoms with E-state index in [4.69, 9.17) is 23.2 Å². The van der Waals surface area contributed by atoms with Crippen LogP contribution in [0.25, 0.3) is 11.0 Å². The number of H-pyrrole nitrogens is 1. The highest BCUT2D eigenvalue weighted by molar-refractivity contribution is 6.52. The summed E-state index contributed by atoms with van der Waals surface area (Å²) in [6, 6.07) is 15.5. The molecule has 1 heterocycles. The van der Waals surface area contributed by atoms with Gasteiger partial charge in [0.2, 0.25) is 5.91 Å². The van der Waals surface area contributed by atoms with Gasteiger partial charge in [-0.05, 0) is 29.7 Å². The summed E-state index contributed by atoms with van der Waals surface area (Å²) in [5.41, 5.74) is 3.79. The molecule has 2 unspecified atom stereocenters. The number of imidazole rings is 1. The van der Waals surface area contributed by atoms with Gasteiger partial charge in [-0.2, -0.15) is 0 Å². The van der Waals surface area contributed by atoms with Gasteiger partial charge in [-0.3, -0.25) is 4.79 Å². The van der Waals surface area contributed by atoms with Crippen LogP contribution in [0.1, 0.15) is 23.6 Å². The Morgan fingerprint density at radius 2 is 1.96 bits per heavy atom. The second-order valence-electron chi connectivity index (χ2n) is 6.05. The molecule has 3 aromatic rings. The van der Waals surface area contributed by atoms with E-state index in [9.17, 15) is 4.79 Å². The van der Waals surface area contributed by atoms with Crippen LogP contribution in [-0.2, 0) is 4.79 Å². The summed E-state index contributed by atoms with van der Waals surface area (Å²) in [4.78, 5) is 19.8.